The van der Waals surface area contributed by atoms with Crippen LogP contribution in [0.2, 0.25) is 6.82 Å². The summed E-state index contributed by atoms with van der Waals surface area (Å²) in [5, 5.41) is 0. The normalized spacial score (nSPS) is 6.00. The van der Waals surface area contributed by atoms with Crippen LogP contribution < -0.4 is 3.44 Å². The molecule has 0 unspecified atom stereocenters. The van der Waals surface area contributed by atoms with Crippen LogP contribution in [0.4, 0.5) is 0 Å². The Hall–Kier alpha value is 0.660. The molecule has 1 nitrogen and oxygen atoms in total. The second-order valence-electron chi connectivity index (χ2n) is 0.609. The van der Waals surface area contributed by atoms with Crippen molar-refractivity contribution >= 4 is 36.6 Å². The monoisotopic (exact) mass is 179 g/mol. The number of nitrogens with one attached hydrogen (secondary N) is 1. The van der Waals surface area contributed by atoms with Gasteiger partial charge in [-0.05, 0) is 0 Å². The van der Waals surface area contributed by atoms with Crippen molar-refractivity contribution in [1.29, 1.82) is 0 Å². The summed E-state index contributed by atoms with van der Waals surface area (Å²) in [5.41, 5.74) is 0. The van der Waals surface area contributed by atoms with E-state index in [0.717, 1.165) is 0 Å². The summed E-state index contributed by atoms with van der Waals surface area (Å²) in [4.78, 5) is 0. The molecule has 5 heavy (non-hydrogen) atoms. The molecule has 0 aromatic heterocycles. The van der Waals surface area contributed by atoms with E-state index in [0.29, 0.717) is 0 Å². The molecule has 1 N–H and O–H groups in total. The summed E-state index contributed by atoms with van der Waals surface area (Å²) in [6.45, 7) is 5.76. The minimum absolute atomic E-state index is 1.86. The van der Waals surface area contributed by atoms with Gasteiger partial charge in [0.15, 0.2) is 0 Å². The molecule has 0 aliphatic rings. The predicted molar refractivity (Wildman–Crippen MR) is 34.5 cm³/mol. The molecule has 0 atom stereocenters. The number of hydrogen-bond donors (Lipinski definition) is 1. The third kappa shape index (κ3) is 4.66. The van der Waals surface area contributed by atoms with Crippen molar-refractivity contribution in [2.24, 2.45) is 0 Å². The average molecular weight is 179 g/mol. The molecular formula is CH4B2IN. The first-order chi connectivity index (χ1) is 2.41. The molecule has 0 bridgehead atoms. The zero-order chi connectivity index (χ0) is 4.12. The fourth-order valence-electron chi connectivity index (χ4n) is 0.0630. The zero-order valence-electron chi connectivity index (χ0n) is 3.03. The fourth-order valence-corrected chi connectivity index (χ4v) is 0.423. The Bertz CT molecular complexity index is 36.6. The molecule has 0 aliphatic carbocycles. The van der Waals surface area contributed by atoms with E-state index in [9.17, 15) is 0 Å². The summed E-state index contributed by atoms with van der Waals surface area (Å²) >= 11 is 2.05. The zero-order valence-corrected chi connectivity index (χ0v) is 5.19. The van der Waals surface area contributed by atoms with Crippen molar-refractivity contribution in [1.82, 2.24) is 3.44 Å². The molecule has 0 spiro atoms. The maximum absolute atomic E-state index is 2.81. The summed E-state index contributed by atoms with van der Waals surface area (Å²) in [6, 6.07) is 0. The van der Waals surface area contributed by atoms with Crippen LogP contribution in [0.25, 0.3) is 0 Å². The van der Waals surface area contributed by atoms with Crippen LogP contribution in [-0.2, 0) is 0 Å². The second-order valence-corrected chi connectivity index (χ2v) is 1.23. The standard InChI is InChI=1S/CH4B2IN/c1-2-3-5-4/h5H,1H3. The van der Waals surface area contributed by atoms with E-state index >= 15 is 0 Å². The first kappa shape index (κ1) is 5.66. The Morgan fingerprint density at radius 3 is 2.40 bits per heavy atom. The van der Waals surface area contributed by atoms with Crippen LogP contribution in [0.15, 0.2) is 0 Å². The van der Waals surface area contributed by atoms with Gasteiger partial charge in [-0.15, -0.1) is 0 Å². The van der Waals surface area contributed by atoms with Crippen molar-refractivity contribution < 1.29 is 0 Å². The number of rotatable bonds is 1. The molecule has 0 rings (SSSR count). The van der Waals surface area contributed by atoms with E-state index in [2.05, 4.69) is 26.3 Å². The van der Waals surface area contributed by atoms with Gasteiger partial charge < -0.3 is 0 Å². The molecule has 4 heteroatoms. The third-order valence-corrected chi connectivity index (χ3v) is 0.589. The van der Waals surface area contributed by atoms with E-state index < -0.39 is 0 Å². The Balaban J connectivity index is 2.62. The van der Waals surface area contributed by atoms with Crippen molar-refractivity contribution in [2.45, 2.75) is 6.82 Å². The molecule has 0 radical (unpaired) electrons. The quantitative estimate of drug-likeness (QED) is 0.344. The molecule has 0 aromatic rings. The summed E-state index contributed by atoms with van der Waals surface area (Å²) < 4.78 is 2.81. The fraction of sp³-hybridized carbons (Fsp3) is 1.00. The molecule has 0 saturated heterocycles. The molecule has 26 valence electrons. The molecule has 0 heterocycles. The second kappa shape index (κ2) is 4.66. The Morgan fingerprint density at radius 1 is 1.80 bits per heavy atom. The van der Waals surface area contributed by atoms with Crippen LogP contribution in [0, 0.1) is 0 Å². The third-order valence-electron chi connectivity index (χ3n) is 0.230. The molecule has 0 aromatic carbocycles. The van der Waals surface area contributed by atoms with Gasteiger partial charge in [-0.3, -0.25) is 0 Å². The van der Waals surface area contributed by atoms with Gasteiger partial charge in [0.25, 0.3) is 0 Å². The molecule has 0 fully saturated rings. The van der Waals surface area contributed by atoms with Crippen LogP contribution in [-0.4, -0.2) is 13.7 Å². The molecule has 0 saturated carbocycles. The van der Waals surface area contributed by atoms with Crippen molar-refractivity contribution in [3.8, 4) is 0 Å². The topological polar surface area (TPSA) is 12.0 Å². The van der Waals surface area contributed by atoms with Gasteiger partial charge in [-0.2, -0.15) is 0 Å². The van der Waals surface area contributed by atoms with E-state index in [4.69, 9.17) is 0 Å². The van der Waals surface area contributed by atoms with Crippen molar-refractivity contribution in [3.05, 3.63) is 0 Å². The minimum atomic E-state index is 1.86. The number of halogens is 1. The predicted octanol–water partition coefficient (Wildman–Crippen LogP) is 0.212. The van der Waals surface area contributed by atoms with Crippen LogP contribution in [0.5, 0.6) is 0 Å². The van der Waals surface area contributed by atoms with E-state index in [1.807, 2.05) is 20.6 Å². The van der Waals surface area contributed by atoms with Crippen LogP contribution >= 0.6 is 22.9 Å². The van der Waals surface area contributed by atoms with Gasteiger partial charge in [0.05, 0.1) is 0 Å². The molecular weight excluding hydrogens is 175 g/mol. The number of hydrogen-bond acceptors (Lipinski definition) is 1. The summed E-state index contributed by atoms with van der Waals surface area (Å²) in [6.07, 6.45) is 0. The Labute approximate surface area is 47.2 Å². The van der Waals surface area contributed by atoms with Crippen LogP contribution in [0.1, 0.15) is 0 Å². The average Bonchev–Trinajstić information content (AvgIpc) is 1.41. The van der Waals surface area contributed by atoms with E-state index in [-0.39, 0.29) is 0 Å². The van der Waals surface area contributed by atoms with Gasteiger partial charge in [0.2, 0.25) is 0 Å². The van der Waals surface area contributed by atoms with Gasteiger partial charge in [0, 0.05) is 0 Å². The van der Waals surface area contributed by atoms with Crippen molar-refractivity contribution in [2.75, 3.05) is 0 Å². The van der Waals surface area contributed by atoms with Gasteiger partial charge in [-0.25, -0.2) is 0 Å². The Morgan fingerprint density at radius 2 is 2.40 bits per heavy atom. The first-order valence-electron chi connectivity index (χ1n) is 1.39. The van der Waals surface area contributed by atoms with Gasteiger partial charge >= 0.3 is 46.9 Å². The summed E-state index contributed by atoms with van der Waals surface area (Å²) in [5.74, 6) is 0. The van der Waals surface area contributed by atoms with Crippen LogP contribution in [0.3, 0.4) is 0 Å². The molecule has 0 amide bonds. The van der Waals surface area contributed by atoms with Gasteiger partial charge in [-0.1, -0.05) is 0 Å². The molecule has 0 aliphatic heterocycles. The SMILES string of the molecule is CB=BNI. The van der Waals surface area contributed by atoms with E-state index in [1.165, 1.54) is 0 Å². The van der Waals surface area contributed by atoms with Crippen molar-refractivity contribution in [3.63, 3.8) is 0 Å². The maximum atomic E-state index is 2.81. The van der Waals surface area contributed by atoms with Gasteiger partial charge in [0.1, 0.15) is 0 Å². The Kier molecular flexibility index (Phi) is 5.27. The van der Waals surface area contributed by atoms with E-state index in [1.54, 1.807) is 0 Å². The first-order valence-corrected chi connectivity index (χ1v) is 2.47. The summed E-state index contributed by atoms with van der Waals surface area (Å²) in [7, 11) is 0.